The smallest absolute Gasteiger partial charge is 0.221 e. The second kappa shape index (κ2) is 7.74. The van der Waals surface area contributed by atoms with E-state index in [1.54, 1.807) is 6.20 Å². The summed E-state index contributed by atoms with van der Waals surface area (Å²) in [5, 5.41) is 8.62. The maximum atomic E-state index is 11.6. The van der Waals surface area contributed by atoms with Crippen LogP contribution in [0.1, 0.15) is 32.3 Å². The Balaban J connectivity index is 1.76. The maximum Gasteiger partial charge on any atom is 0.221 e. The minimum atomic E-state index is 0.112. The van der Waals surface area contributed by atoms with Crippen LogP contribution in [0.5, 0.6) is 0 Å². The van der Waals surface area contributed by atoms with Crippen molar-refractivity contribution in [2.24, 2.45) is 0 Å². The van der Waals surface area contributed by atoms with Gasteiger partial charge in [-0.3, -0.25) is 9.78 Å². The standard InChI is InChI=1S/C17H23N3O/c1-3-13(2)20-17(21)7-9-18-11-14-4-5-16-12-19-8-6-15(16)10-14/h4-6,8,10,12-13,18H,3,7,9,11H2,1-2H3,(H,20,21). The molecule has 0 spiro atoms. The van der Waals surface area contributed by atoms with Crippen LogP contribution in [-0.2, 0) is 11.3 Å². The molecule has 0 bridgehead atoms. The highest BCUT2D eigenvalue weighted by Gasteiger charge is 2.04. The first-order valence-electron chi connectivity index (χ1n) is 7.51. The Hall–Kier alpha value is -1.94. The van der Waals surface area contributed by atoms with E-state index < -0.39 is 0 Å². The summed E-state index contributed by atoms with van der Waals surface area (Å²) < 4.78 is 0. The number of pyridine rings is 1. The summed E-state index contributed by atoms with van der Waals surface area (Å²) in [6, 6.07) is 8.60. The third-order valence-electron chi connectivity index (χ3n) is 3.58. The first-order valence-corrected chi connectivity index (χ1v) is 7.51. The van der Waals surface area contributed by atoms with Gasteiger partial charge in [0.1, 0.15) is 0 Å². The van der Waals surface area contributed by atoms with Gasteiger partial charge in [0.05, 0.1) is 0 Å². The Bertz CT molecular complexity index is 597. The van der Waals surface area contributed by atoms with Crippen molar-refractivity contribution in [1.82, 2.24) is 15.6 Å². The molecule has 112 valence electrons. The number of hydrogen-bond acceptors (Lipinski definition) is 3. The maximum absolute atomic E-state index is 11.6. The highest BCUT2D eigenvalue weighted by molar-refractivity contribution is 5.82. The largest absolute Gasteiger partial charge is 0.354 e. The number of carbonyl (C=O) groups excluding carboxylic acids is 1. The number of hydrogen-bond donors (Lipinski definition) is 2. The number of fused-ring (bicyclic) bond motifs is 1. The van der Waals surface area contributed by atoms with Crippen LogP contribution < -0.4 is 10.6 Å². The Labute approximate surface area is 126 Å². The number of nitrogens with zero attached hydrogens (tertiary/aromatic N) is 1. The normalized spacial score (nSPS) is 12.3. The van der Waals surface area contributed by atoms with Crippen LogP contribution in [0.2, 0.25) is 0 Å². The number of rotatable bonds is 7. The van der Waals surface area contributed by atoms with Gasteiger partial charge in [-0.15, -0.1) is 0 Å². The van der Waals surface area contributed by atoms with Crippen LogP contribution in [0.15, 0.2) is 36.7 Å². The second-order valence-electron chi connectivity index (χ2n) is 5.36. The highest BCUT2D eigenvalue weighted by atomic mass is 16.1. The molecule has 2 rings (SSSR count). The lowest BCUT2D eigenvalue weighted by Crippen LogP contribution is -2.33. The minimum absolute atomic E-state index is 0.112. The zero-order chi connectivity index (χ0) is 15.1. The van der Waals surface area contributed by atoms with Crippen molar-refractivity contribution in [2.75, 3.05) is 6.54 Å². The van der Waals surface area contributed by atoms with Gasteiger partial charge in [0.2, 0.25) is 5.91 Å². The molecule has 1 aromatic carbocycles. The van der Waals surface area contributed by atoms with E-state index >= 15 is 0 Å². The molecule has 1 unspecified atom stereocenters. The minimum Gasteiger partial charge on any atom is -0.354 e. The zero-order valence-electron chi connectivity index (χ0n) is 12.7. The lowest BCUT2D eigenvalue weighted by molar-refractivity contribution is -0.121. The van der Waals surface area contributed by atoms with Crippen molar-refractivity contribution < 1.29 is 4.79 Å². The van der Waals surface area contributed by atoms with Gasteiger partial charge in [-0.2, -0.15) is 0 Å². The van der Waals surface area contributed by atoms with Crippen molar-refractivity contribution in [3.05, 3.63) is 42.2 Å². The van der Waals surface area contributed by atoms with E-state index in [1.807, 2.05) is 19.2 Å². The van der Waals surface area contributed by atoms with Crippen LogP contribution in [0.25, 0.3) is 10.8 Å². The molecule has 0 aliphatic rings. The molecule has 4 nitrogen and oxygen atoms in total. The third kappa shape index (κ3) is 4.83. The van der Waals surface area contributed by atoms with Gasteiger partial charge < -0.3 is 10.6 Å². The number of nitrogens with one attached hydrogen (secondary N) is 2. The van der Waals surface area contributed by atoms with Crippen molar-refractivity contribution in [3.8, 4) is 0 Å². The zero-order valence-corrected chi connectivity index (χ0v) is 12.7. The Kier molecular flexibility index (Phi) is 5.69. The molecule has 2 aromatic rings. The number of carbonyl (C=O) groups is 1. The van der Waals surface area contributed by atoms with Crippen molar-refractivity contribution in [3.63, 3.8) is 0 Å². The van der Waals surface area contributed by atoms with Crippen LogP contribution in [0, 0.1) is 0 Å². The van der Waals surface area contributed by atoms with Crippen molar-refractivity contribution in [2.45, 2.75) is 39.3 Å². The fraction of sp³-hybridized carbons (Fsp3) is 0.412. The lowest BCUT2D eigenvalue weighted by atomic mass is 10.1. The summed E-state index contributed by atoms with van der Waals surface area (Å²) in [5.74, 6) is 0.112. The molecule has 0 radical (unpaired) electrons. The predicted molar refractivity (Wildman–Crippen MR) is 86.0 cm³/mol. The van der Waals surface area contributed by atoms with Crippen LogP contribution in [0.4, 0.5) is 0 Å². The fourth-order valence-electron chi connectivity index (χ4n) is 2.13. The van der Waals surface area contributed by atoms with Crippen molar-refractivity contribution in [1.29, 1.82) is 0 Å². The molecule has 1 heterocycles. The summed E-state index contributed by atoms with van der Waals surface area (Å²) in [7, 11) is 0. The quantitative estimate of drug-likeness (QED) is 0.769. The van der Waals surface area contributed by atoms with Crippen LogP contribution in [-0.4, -0.2) is 23.5 Å². The summed E-state index contributed by atoms with van der Waals surface area (Å²) in [5.41, 5.74) is 1.22. The molecule has 1 amide bonds. The molecule has 1 aromatic heterocycles. The first-order chi connectivity index (χ1) is 10.2. The SMILES string of the molecule is CCC(C)NC(=O)CCNCc1ccc2cnccc2c1. The molecular weight excluding hydrogens is 262 g/mol. The Morgan fingerprint density at radius 2 is 2.14 bits per heavy atom. The number of aromatic nitrogens is 1. The Morgan fingerprint density at radius 3 is 2.95 bits per heavy atom. The molecule has 0 saturated carbocycles. The molecule has 2 N–H and O–H groups in total. The molecule has 0 aliphatic carbocycles. The predicted octanol–water partition coefficient (Wildman–Crippen LogP) is 2.63. The summed E-state index contributed by atoms with van der Waals surface area (Å²) in [6.45, 7) is 5.55. The summed E-state index contributed by atoms with van der Waals surface area (Å²) in [4.78, 5) is 15.7. The molecule has 0 fully saturated rings. The van der Waals surface area contributed by atoms with Gasteiger partial charge in [-0.05, 0) is 36.4 Å². The van der Waals surface area contributed by atoms with E-state index in [-0.39, 0.29) is 11.9 Å². The molecule has 0 saturated heterocycles. The average molecular weight is 285 g/mol. The lowest BCUT2D eigenvalue weighted by Gasteiger charge is -2.11. The summed E-state index contributed by atoms with van der Waals surface area (Å²) in [6.07, 6.45) is 5.15. The van der Waals surface area contributed by atoms with E-state index in [0.29, 0.717) is 13.0 Å². The second-order valence-corrected chi connectivity index (χ2v) is 5.36. The third-order valence-corrected chi connectivity index (χ3v) is 3.58. The van der Waals surface area contributed by atoms with Crippen molar-refractivity contribution >= 4 is 16.7 Å². The average Bonchev–Trinajstić information content (AvgIpc) is 2.51. The fourth-order valence-corrected chi connectivity index (χ4v) is 2.13. The van der Waals surface area contributed by atoms with E-state index in [1.165, 1.54) is 10.9 Å². The molecular formula is C17H23N3O. The van der Waals surface area contributed by atoms with Crippen LogP contribution in [0.3, 0.4) is 0 Å². The van der Waals surface area contributed by atoms with Gasteiger partial charge in [-0.25, -0.2) is 0 Å². The molecule has 0 aliphatic heterocycles. The number of benzene rings is 1. The molecule has 4 heteroatoms. The molecule has 21 heavy (non-hydrogen) atoms. The van der Waals surface area contributed by atoms with E-state index in [4.69, 9.17) is 0 Å². The first kappa shape index (κ1) is 15.4. The van der Waals surface area contributed by atoms with Gasteiger partial charge in [-0.1, -0.05) is 19.1 Å². The van der Waals surface area contributed by atoms with E-state index in [2.05, 4.69) is 40.7 Å². The van der Waals surface area contributed by atoms with Gasteiger partial charge in [0, 0.05) is 43.3 Å². The van der Waals surface area contributed by atoms with Gasteiger partial charge in [0.25, 0.3) is 0 Å². The summed E-state index contributed by atoms with van der Waals surface area (Å²) >= 11 is 0. The van der Waals surface area contributed by atoms with E-state index in [9.17, 15) is 4.79 Å². The topological polar surface area (TPSA) is 54.0 Å². The van der Waals surface area contributed by atoms with E-state index in [0.717, 1.165) is 18.4 Å². The molecule has 1 atom stereocenters. The highest BCUT2D eigenvalue weighted by Crippen LogP contribution is 2.14. The van der Waals surface area contributed by atoms with Gasteiger partial charge in [0.15, 0.2) is 0 Å². The number of amides is 1. The Morgan fingerprint density at radius 1 is 1.29 bits per heavy atom. The monoisotopic (exact) mass is 285 g/mol. The van der Waals surface area contributed by atoms with Gasteiger partial charge >= 0.3 is 0 Å². The van der Waals surface area contributed by atoms with Crippen LogP contribution >= 0.6 is 0 Å².